The normalized spacial score (nSPS) is 15.5. The van der Waals surface area contributed by atoms with Crippen LogP contribution in [0.2, 0.25) is 0 Å². The van der Waals surface area contributed by atoms with Gasteiger partial charge >= 0.3 is 5.69 Å². The molecule has 0 aliphatic carbocycles. The molecular formula is C20H23N5O. The molecule has 6 nitrogen and oxygen atoms in total. The number of rotatable bonds is 5. The number of aromatic nitrogens is 3. The largest absolute Gasteiger partial charge is 0.369 e. The Morgan fingerprint density at radius 3 is 2.42 bits per heavy atom. The first-order valence-electron chi connectivity index (χ1n) is 8.94. The fourth-order valence-electron chi connectivity index (χ4n) is 3.45. The number of hydrogen-bond donors (Lipinski definition) is 0. The Kier molecular flexibility index (Phi) is 4.58. The SMILES string of the molecule is C=C(CN1CCN(c2ccccc2)CC1)Cn1nc2ccccn2c1=O. The van der Waals surface area contributed by atoms with Crippen molar-refractivity contribution in [2.24, 2.45) is 0 Å². The van der Waals surface area contributed by atoms with E-state index in [0.29, 0.717) is 12.2 Å². The number of para-hydroxylation sites is 1. The summed E-state index contributed by atoms with van der Waals surface area (Å²) in [4.78, 5) is 17.2. The minimum atomic E-state index is -0.115. The fourth-order valence-corrected chi connectivity index (χ4v) is 3.45. The lowest BCUT2D eigenvalue weighted by Crippen LogP contribution is -2.47. The molecule has 0 spiro atoms. The van der Waals surface area contributed by atoms with Gasteiger partial charge in [-0.3, -0.25) is 9.30 Å². The van der Waals surface area contributed by atoms with Gasteiger partial charge in [-0.2, -0.15) is 0 Å². The van der Waals surface area contributed by atoms with Gasteiger partial charge in [-0.15, -0.1) is 5.10 Å². The molecule has 2 aromatic heterocycles. The van der Waals surface area contributed by atoms with E-state index >= 15 is 0 Å². The highest BCUT2D eigenvalue weighted by molar-refractivity contribution is 5.46. The summed E-state index contributed by atoms with van der Waals surface area (Å²) in [5.74, 6) is 0. The zero-order valence-electron chi connectivity index (χ0n) is 14.8. The van der Waals surface area contributed by atoms with Gasteiger partial charge in [0.2, 0.25) is 0 Å². The zero-order valence-corrected chi connectivity index (χ0v) is 14.8. The third-order valence-corrected chi connectivity index (χ3v) is 4.80. The molecule has 0 saturated carbocycles. The molecule has 3 aromatic rings. The standard InChI is InChI=1S/C20H23N5O/c1-17(16-25-20(26)24-10-6-5-9-19(24)21-25)15-22-11-13-23(14-12-22)18-7-3-2-4-8-18/h2-10H,1,11-16H2. The van der Waals surface area contributed by atoms with E-state index in [0.717, 1.165) is 38.3 Å². The third-order valence-electron chi connectivity index (χ3n) is 4.80. The van der Waals surface area contributed by atoms with Crippen LogP contribution >= 0.6 is 0 Å². The highest BCUT2D eigenvalue weighted by Gasteiger charge is 2.18. The number of anilines is 1. The Bertz CT molecular complexity index is 951. The van der Waals surface area contributed by atoms with Crippen LogP contribution in [0.4, 0.5) is 5.69 Å². The predicted octanol–water partition coefficient (Wildman–Crippen LogP) is 1.87. The van der Waals surface area contributed by atoms with Gasteiger partial charge < -0.3 is 4.90 Å². The maximum Gasteiger partial charge on any atom is 0.350 e. The Labute approximate surface area is 152 Å². The fraction of sp³-hybridized carbons (Fsp3) is 0.300. The van der Waals surface area contributed by atoms with Crippen molar-refractivity contribution in [3.8, 4) is 0 Å². The van der Waals surface area contributed by atoms with Gasteiger partial charge in [0.25, 0.3) is 0 Å². The van der Waals surface area contributed by atoms with Crippen LogP contribution in [0, 0.1) is 0 Å². The zero-order chi connectivity index (χ0) is 17.9. The highest BCUT2D eigenvalue weighted by Crippen LogP contribution is 2.16. The molecular weight excluding hydrogens is 326 g/mol. The van der Waals surface area contributed by atoms with Crippen LogP contribution in [-0.2, 0) is 6.54 Å². The van der Waals surface area contributed by atoms with Gasteiger partial charge in [0.15, 0.2) is 5.65 Å². The van der Waals surface area contributed by atoms with Crippen molar-refractivity contribution >= 4 is 11.3 Å². The molecule has 26 heavy (non-hydrogen) atoms. The van der Waals surface area contributed by atoms with E-state index in [1.165, 1.54) is 10.4 Å². The average Bonchev–Trinajstić information content (AvgIpc) is 2.99. The summed E-state index contributed by atoms with van der Waals surface area (Å²) < 4.78 is 3.06. The molecule has 0 amide bonds. The summed E-state index contributed by atoms with van der Waals surface area (Å²) in [6.07, 6.45) is 1.74. The first-order chi connectivity index (χ1) is 12.7. The van der Waals surface area contributed by atoms with E-state index in [1.807, 2.05) is 24.3 Å². The van der Waals surface area contributed by atoms with Crippen LogP contribution in [0.25, 0.3) is 5.65 Å². The molecule has 134 valence electrons. The lowest BCUT2D eigenvalue weighted by molar-refractivity contribution is 0.274. The molecule has 1 aromatic carbocycles. The van der Waals surface area contributed by atoms with Crippen LogP contribution < -0.4 is 10.6 Å². The van der Waals surface area contributed by atoms with Crippen molar-refractivity contribution in [2.75, 3.05) is 37.6 Å². The van der Waals surface area contributed by atoms with Crippen molar-refractivity contribution in [1.29, 1.82) is 0 Å². The molecule has 1 saturated heterocycles. The summed E-state index contributed by atoms with van der Waals surface area (Å²) >= 11 is 0. The predicted molar refractivity (Wildman–Crippen MR) is 104 cm³/mol. The molecule has 0 atom stereocenters. The second kappa shape index (κ2) is 7.17. The molecule has 1 aliphatic rings. The first kappa shape index (κ1) is 16.6. The summed E-state index contributed by atoms with van der Waals surface area (Å²) in [5, 5.41) is 4.38. The van der Waals surface area contributed by atoms with Gasteiger partial charge in [0.05, 0.1) is 6.54 Å². The molecule has 6 heteroatoms. The maximum absolute atomic E-state index is 12.4. The van der Waals surface area contributed by atoms with Crippen LogP contribution in [0.3, 0.4) is 0 Å². The Morgan fingerprint density at radius 2 is 1.69 bits per heavy atom. The summed E-state index contributed by atoms with van der Waals surface area (Å²) in [7, 11) is 0. The van der Waals surface area contributed by atoms with Gasteiger partial charge in [-0.1, -0.05) is 30.8 Å². The number of hydrogen-bond acceptors (Lipinski definition) is 4. The van der Waals surface area contributed by atoms with E-state index in [1.54, 1.807) is 10.6 Å². The maximum atomic E-state index is 12.4. The Balaban J connectivity index is 1.34. The summed E-state index contributed by atoms with van der Waals surface area (Å²) in [6.45, 7) is 9.42. The summed E-state index contributed by atoms with van der Waals surface area (Å²) in [6, 6.07) is 16.1. The first-order valence-corrected chi connectivity index (χ1v) is 8.94. The smallest absolute Gasteiger partial charge is 0.350 e. The topological polar surface area (TPSA) is 45.8 Å². The number of piperazine rings is 1. The molecule has 0 unspecified atom stereocenters. The van der Waals surface area contributed by atoms with E-state index in [2.05, 4.69) is 45.7 Å². The summed E-state index contributed by atoms with van der Waals surface area (Å²) in [5.41, 5.74) is 2.84. The molecule has 0 radical (unpaired) electrons. The molecule has 1 aliphatic heterocycles. The quantitative estimate of drug-likeness (QED) is 0.660. The highest BCUT2D eigenvalue weighted by atomic mass is 16.2. The average molecular weight is 349 g/mol. The Morgan fingerprint density at radius 1 is 0.962 bits per heavy atom. The number of pyridine rings is 1. The number of nitrogens with zero attached hydrogens (tertiary/aromatic N) is 5. The molecule has 1 fully saturated rings. The van der Waals surface area contributed by atoms with E-state index < -0.39 is 0 Å². The van der Waals surface area contributed by atoms with Crippen molar-refractivity contribution in [3.05, 3.63) is 77.4 Å². The Hall–Kier alpha value is -2.86. The van der Waals surface area contributed by atoms with Crippen molar-refractivity contribution in [2.45, 2.75) is 6.54 Å². The van der Waals surface area contributed by atoms with Crippen LogP contribution in [-0.4, -0.2) is 51.8 Å². The minimum absolute atomic E-state index is 0.115. The van der Waals surface area contributed by atoms with Gasteiger partial charge in [-0.05, 0) is 29.8 Å². The van der Waals surface area contributed by atoms with Crippen molar-refractivity contribution in [1.82, 2.24) is 19.1 Å². The van der Waals surface area contributed by atoms with Gasteiger partial charge in [-0.25, -0.2) is 9.48 Å². The lowest BCUT2D eigenvalue weighted by atomic mass is 10.2. The monoisotopic (exact) mass is 349 g/mol. The van der Waals surface area contributed by atoms with Gasteiger partial charge in [0.1, 0.15) is 0 Å². The van der Waals surface area contributed by atoms with Gasteiger partial charge in [0, 0.05) is 44.6 Å². The van der Waals surface area contributed by atoms with Crippen LogP contribution in [0.15, 0.2) is 71.7 Å². The minimum Gasteiger partial charge on any atom is -0.369 e. The van der Waals surface area contributed by atoms with Crippen LogP contribution in [0.5, 0.6) is 0 Å². The second-order valence-electron chi connectivity index (χ2n) is 6.72. The second-order valence-corrected chi connectivity index (χ2v) is 6.72. The molecule has 0 N–H and O–H groups in total. The molecule has 0 bridgehead atoms. The van der Waals surface area contributed by atoms with Crippen molar-refractivity contribution < 1.29 is 0 Å². The van der Waals surface area contributed by atoms with E-state index in [9.17, 15) is 4.79 Å². The van der Waals surface area contributed by atoms with E-state index in [4.69, 9.17) is 0 Å². The number of fused-ring (bicyclic) bond motifs is 1. The van der Waals surface area contributed by atoms with Crippen molar-refractivity contribution in [3.63, 3.8) is 0 Å². The third kappa shape index (κ3) is 3.41. The lowest BCUT2D eigenvalue weighted by Gasteiger charge is -2.36. The van der Waals surface area contributed by atoms with E-state index in [-0.39, 0.29) is 5.69 Å². The molecule has 3 heterocycles. The van der Waals surface area contributed by atoms with Crippen LogP contribution in [0.1, 0.15) is 0 Å². The number of benzene rings is 1. The molecule has 4 rings (SSSR count).